The van der Waals surface area contributed by atoms with E-state index in [4.69, 9.17) is 21.1 Å². The molecule has 3 rings (SSSR count). The third-order valence-electron chi connectivity index (χ3n) is 4.10. The number of rotatable bonds is 5. The summed E-state index contributed by atoms with van der Waals surface area (Å²) in [4.78, 5) is 12.5. The van der Waals surface area contributed by atoms with Crippen molar-refractivity contribution >= 4 is 23.2 Å². The number of amides is 1. The fourth-order valence-electron chi connectivity index (χ4n) is 2.73. The number of ether oxygens (including phenoxy) is 2. The average Bonchev–Trinajstić information content (AvgIpc) is 3.36. The van der Waals surface area contributed by atoms with E-state index in [1.807, 2.05) is 24.3 Å². The topological polar surface area (TPSA) is 47.6 Å². The van der Waals surface area contributed by atoms with E-state index in [1.54, 1.807) is 32.4 Å². The Bertz CT molecular complexity index is 732. The lowest BCUT2D eigenvalue weighted by atomic mass is 10.1. The Morgan fingerprint density at radius 3 is 2.65 bits per heavy atom. The molecule has 1 amide bonds. The Morgan fingerprint density at radius 2 is 1.96 bits per heavy atom. The summed E-state index contributed by atoms with van der Waals surface area (Å²) in [6, 6.07) is 13.0. The molecule has 0 aliphatic heterocycles. The van der Waals surface area contributed by atoms with Gasteiger partial charge in [-0.2, -0.15) is 0 Å². The van der Waals surface area contributed by atoms with Crippen LogP contribution in [0.1, 0.15) is 17.9 Å². The number of methoxy groups -OCH3 is 2. The first kappa shape index (κ1) is 15.7. The second-order valence-electron chi connectivity index (χ2n) is 5.53. The van der Waals surface area contributed by atoms with Crippen molar-refractivity contribution in [1.29, 1.82) is 0 Å². The zero-order chi connectivity index (χ0) is 16.4. The molecule has 23 heavy (non-hydrogen) atoms. The zero-order valence-electron chi connectivity index (χ0n) is 13.0. The van der Waals surface area contributed by atoms with E-state index >= 15 is 0 Å². The van der Waals surface area contributed by atoms with Crippen LogP contribution in [0, 0.1) is 5.92 Å². The van der Waals surface area contributed by atoms with Gasteiger partial charge in [0.05, 0.1) is 19.9 Å². The van der Waals surface area contributed by atoms with Crippen molar-refractivity contribution < 1.29 is 14.3 Å². The fraction of sp³-hybridized carbons (Fsp3) is 0.278. The molecule has 5 heteroatoms. The summed E-state index contributed by atoms with van der Waals surface area (Å²) in [5.41, 5.74) is 1.68. The van der Waals surface area contributed by atoms with Gasteiger partial charge in [-0.05, 0) is 36.1 Å². The molecule has 0 saturated heterocycles. The van der Waals surface area contributed by atoms with Gasteiger partial charge in [-0.3, -0.25) is 4.79 Å². The molecule has 1 fully saturated rings. The number of anilines is 1. The Balaban J connectivity index is 1.71. The maximum Gasteiger partial charge on any atom is 0.228 e. The normalized spacial score (nSPS) is 19.1. The number of benzene rings is 2. The van der Waals surface area contributed by atoms with Crippen LogP contribution < -0.4 is 14.8 Å². The summed E-state index contributed by atoms with van der Waals surface area (Å²) in [5, 5.41) is 3.65. The van der Waals surface area contributed by atoms with E-state index in [0.717, 1.165) is 17.0 Å². The molecule has 2 aromatic carbocycles. The highest BCUT2D eigenvalue weighted by Crippen LogP contribution is 2.50. The second-order valence-corrected chi connectivity index (χ2v) is 5.93. The van der Waals surface area contributed by atoms with Crippen LogP contribution in [0.4, 0.5) is 5.69 Å². The highest BCUT2D eigenvalue weighted by Gasteiger charge is 2.44. The third kappa shape index (κ3) is 3.27. The molecule has 0 spiro atoms. The van der Waals surface area contributed by atoms with Gasteiger partial charge in [-0.15, -0.1) is 0 Å². The zero-order valence-corrected chi connectivity index (χ0v) is 13.8. The Morgan fingerprint density at radius 1 is 1.17 bits per heavy atom. The van der Waals surface area contributed by atoms with Gasteiger partial charge in [-0.25, -0.2) is 0 Å². The quantitative estimate of drug-likeness (QED) is 0.897. The molecule has 0 unspecified atom stereocenters. The second kappa shape index (κ2) is 6.50. The van der Waals surface area contributed by atoms with E-state index in [9.17, 15) is 4.79 Å². The fourth-order valence-corrected chi connectivity index (χ4v) is 3.01. The maximum atomic E-state index is 12.5. The van der Waals surface area contributed by atoms with Crippen molar-refractivity contribution in [2.24, 2.45) is 5.92 Å². The van der Waals surface area contributed by atoms with Crippen molar-refractivity contribution in [2.45, 2.75) is 12.3 Å². The van der Waals surface area contributed by atoms with Crippen molar-refractivity contribution in [3.63, 3.8) is 0 Å². The Labute approximate surface area is 140 Å². The number of carbonyl (C=O) groups excluding carboxylic acids is 1. The van der Waals surface area contributed by atoms with E-state index in [1.165, 1.54) is 0 Å². The van der Waals surface area contributed by atoms with E-state index in [-0.39, 0.29) is 17.7 Å². The smallest absolute Gasteiger partial charge is 0.228 e. The van der Waals surface area contributed by atoms with Crippen LogP contribution in [0.2, 0.25) is 5.02 Å². The predicted octanol–water partition coefficient (Wildman–Crippen LogP) is 4.10. The molecule has 2 atom stereocenters. The van der Waals surface area contributed by atoms with Crippen LogP contribution in [-0.4, -0.2) is 20.1 Å². The van der Waals surface area contributed by atoms with Crippen LogP contribution >= 0.6 is 11.6 Å². The molecule has 1 N–H and O–H groups in total. The first-order valence-electron chi connectivity index (χ1n) is 7.41. The lowest BCUT2D eigenvalue weighted by molar-refractivity contribution is -0.117. The molecule has 0 aromatic heterocycles. The summed E-state index contributed by atoms with van der Waals surface area (Å²) in [7, 11) is 3.15. The monoisotopic (exact) mass is 331 g/mol. The summed E-state index contributed by atoms with van der Waals surface area (Å²) < 4.78 is 10.5. The van der Waals surface area contributed by atoms with Crippen molar-refractivity contribution in [3.8, 4) is 11.5 Å². The Hall–Kier alpha value is -2.20. The number of nitrogens with one attached hydrogen (secondary N) is 1. The van der Waals surface area contributed by atoms with Crippen LogP contribution in [0.15, 0.2) is 42.5 Å². The van der Waals surface area contributed by atoms with Gasteiger partial charge in [0.25, 0.3) is 0 Å². The summed E-state index contributed by atoms with van der Waals surface area (Å²) in [6.07, 6.45) is 0.814. The first-order chi connectivity index (χ1) is 11.1. The molecule has 1 aliphatic rings. The summed E-state index contributed by atoms with van der Waals surface area (Å²) in [6.45, 7) is 0. The minimum Gasteiger partial charge on any atom is -0.497 e. The van der Waals surface area contributed by atoms with Gasteiger partial charge < -0.3 is 14.8 Å². The lowest BCUT2D eigenvalue weighted by Gasteiger charge is -2.11. The van der Waals surface area contributed by atoms with Gasteiger partial charge in [0.1, 0.15) is 11.5 Å². The van der Waals surface area contributed by atoms with Crippen LogP contribution in [0.25, 0.3) is 0 Å². The molecular formula is C18H18ClNO3. The molecular weight excluding hydrogens is 314 g/mol. The van der Waals surface area contributed by atoms with E-state index < -0.39 is 0 Å². The predicted molar refractivity (Wildman–Crippen MR) is 90.5 cm³/mol. The molecule has 0 heterocycles. The largest absolute Gasteiger partial charge is 0.497 e. The highest BCUT2D eigenvalue weighted by molar-refractivity contribution is 6.31. The minimum absolute atomic E-state index is 0.0154. The maximum absolute atomic E-state index is 12.5. The third-order valence-corrected chi connectivity index (χ3v) is 4.44. The van der Waals surface area contributed by atoms with Crippen LogP contribution in [0.3, 0.4) is 0 Å². The molecule has 4 nitrogen and oxygen atoms in total. The van der Waals surface area contributed by atoms with Gasteiger partial charge in [0, 0.05) is 17.0 Å². The number of hydrogen-bond acceptors (Lipinski definition) is 3. The molecule has 120 valence electrons. The molecule has 2 aromatic rings. The van der Waals surface area contributed by atoms with Crippen molar-refractivity contribution in [3.05, 3.63) is 53.1 Å². The van der Waals surface area contributed by atoms with Gasteiger partial charge in [-0.1, -0.05) is 29.8 Å². The number of hydrogen-bond donors (Lipinski definition) is 1. The van der Waals surface area contributed by atoms with Gasteiger partial charge in [0.2, 0.25) is 5.91 Å². The number of carbonyl (C=O) groups is 1. The van der Waals surface area contributed by atoms with E-state index in [0.29, 0.717) is 17.2 Å². The van der Waals surface area contributed by atoms with Gasteiger partial charge >= 0.3 is 0 Å². The van der Waals surface area contributed by atoms with Crippen LogP contribution in [-0.2, 0) is 4.79 Å². The van der Waals surface area contributed by atoms with Crippen molar-refractivity contribution in [1.82, 2.24) is 0 Å². The molecule has 0 bridgehead atoms. The molecule has 1 aliphatic carbocycles. The average molecular weight is 332 g/mol. The van der Waals surface area contributed by atoms with E-state index in [2.05, 4.69) is 5.32 Å². The molecule has 1 saturated carbocycles. The number of halogens is 1. The minimum atomic E-state index is -0.0540. The first-order valence-corrected chi connectivity index (χ1v) is 7.79. The highest BCUT2D eigenvalue weighted by atomic mass is 35.5. The standard InChI is InChI=1S/C18H18ClNO3/c1-22-11-7-8-16(17(9-11)23-2)20-18(21)14-10-13(14)12-5-3-4-6-15(12)19/h3-9,13-14H,10H2,1-2H3,(H,20,21)/t13-,14-/m1/s1. The lowest BCUT2D eigenvalue weighted by Crippen LogP contribution is -2.15. The molecule has 0 radical (unpaired) electrons. The van der Waals surface area contributed by atoms with Gasteiger partial charge in [0.15, 0.2) is 0 Å². The van der Waals surface area contributed by atoms with Crippen molar-refractivity contribution in [2.75, 3.05) is 19.5 Å². The van der Waals surface area contributed by atoms with Crippen LogP contribution in [0.5, 0.6) is 11.5 Å². The summed E-state index contributed by atoms with van der Waals surface area (Å²) >= 11 is 6.20. The Kier molecular flexibility index (Phi) is 4.44. The summed E-state index contributed by atoms with van der Waals surface area (Å²) in [5.74, 6) is 1.38. The SMILES string of the molecule is COc1ccc(NC(=O)[C@@H]2C[C@@H]2c2ccccc2Cl)c(OC)c1.